The van der Waals surface area contributed by atoms with Crippen molar-refractivity contribution in [3.63, 3.8) is 0 Å². The van der Waals surface area contributed by atoms with Gasteiger partial charge in [0.25, 0.3) is 0 Å². The first kappa shape index (κ1) is 19.2. The summed E-state index contributed by atoms with van der Waals surface area (Å²) in [6.45, 7) is 5.08. The highest BCUT2D eigenvalue weighted by Gasteiger charge is 2.20. The van der Waals surface area contributed by atoms with E-state index >= 15 is 0 Å². The molecule has 1 N–H and O–H groups in total. The van der Waals surface area contributed by atoms with Gasteiger partial charge in [-0.3, -0.25) is 4.90 Å². The maximum Gasteiger partial charge on any atom is 0.317 e. The van der Waals surface area contributed by atoms with Gasteiger partial charge in [0, 0.05) is 32.7 Å². The van der Waals surface area contributed by atoms with E-state index in [9.17, 15) is 4.79 Å². The number of methoxy groups -OCH3 is 1. The Labute approximate surface area is 161 Å². The van der Waals surface area contributed by atoms with Crippen LogP contribution < -0.4 is 10.1 Å². The number of aryl methyl sites for hydroxylation is 1. The van der Waals surface area contributed by atoms with E-state index in [-0.39, 0.29) is 6.03 Å². The Morgan fingerprint density at radius 2 is 1.70 bits per heavy atom. The summed E-state index contributed by atoms with van der Waals surface area (Å²) in [5.41, 5.74) is 2.39. The summed E-state index contributed by atoms with van der Waals surface area (Å²) >= 11 is 0. The fourth-order valence-electron chi connectivity index (χ4n) is 3.46. The molecule has 27 heavy (non-hydrogen) atoms. The fraction of sp³-hybridized carbons (Fsp3) is 0.409. The number of urea groups is 1. The van der Waals surface area contributed by atoms with Crippen molar-refractivity contribution in [3.8, 4) is 5.75 Å². The molecule has 0 saturated carbocycles. The molecule has 0 aromatic heterocycles. The molecule has 5 heteroatoms. The predicted molar refractivity (Wildman–Crippen MR) is 108 cm³/mol. The van der Waals surface area contributed by atoms with Gasteiger partial charge in [-0.05, 0) is 36.6 Å². The van der Waals surface area contributed by atoms with Crippen LogP contribution in [0.3, 0.4) is 0 Å². The van der Waals surface area contributed by atoms with E-state index < -0.39 is 0 Å². The van der Waals surface area contributed by atoms with Gasteiger partial charge in [-0.2, -0.15) is 0 Å². The molecule has 0 atom stereocenters. The number of nitrogens with zero attached hydrogens (tertiary/aromatic N) is 2. The smallest absolute Gasteiger partial charge is 0.317 e. The number of benzene rings is 2. The lowest BCUT2D eigenvalue weighted by Crippen LogP contribution is -2.51. The third kappa shape index (κ3) is 5.73. The molecule has 2 aromatic rings. The third-order valence-electron chi connectivity index (χ3n) is 5.06. The average molecular weight is 367 g/mol. The first-order chi connectivity index (χ1) is 13.3. The summed E-state index contributed by atoms with van der Waals surface area (Å²) < 4.78 is 5.42. The minimum atomic E-state index is 0.0347. The summed E-state index contributed by atoms with van der Waals surface area (Å²) in [6, 6.07) is 18.3. The van der Waals surface area contributed by atoms with Gasteiger partial charge < -0.3 is 15.0 Å². The summed E-state index contributed by atoms with van der Waals surface area (Å²) in [5, 5.41) is 3.02. The van der Waals surface area contributed by atoms with Crippen molar-refractivity contribution >= 4 is 6.03 Å². The van der Waals surface area contributed by atoms with Crippen LogP contribution in [0.4, 0.5) is 4.79 Å². The normalized spacial score (nSPS) is 14.8. The van der Waals surface area contributed by atoms with E-state index in [4.69, 9.17) is 4.74 Å². The molecule has 0 bridgehead atoms. The molecule has 1 saturated heterocycles. The van der Waals surface area contributed by atoms with E-state index in [2.05, 4.69) is 22.3 Å². The Kier molecular flexibility index (Phi) is 7.11. The Hall–Kier alpha value is -2.53. The number of piperazine rings is 1. The highest BCUT2D eigenvalue weighted by Crippen LogP contribution is 2.19. The van der Waals surface area contributed by atoms with Gasteiger partial charge in [0.05, 0.1) is 7.11 Å². The number of amides is 2. The molecule has 2 aromatic carbocycles. The number of para-hydroxylation sites is 1. The molecule has 144 valence electrons. The maximum absolute atomic E-state index is 12.3. The Bertz CT molecular complexity index is 713. The number of rotatable bonds is 7. The van der Waals surface area contributed by atoms with Crippen molar-refractivity contribution in [1.82, 2.24) is 15.1 Å². The first-order valence-electron chi connectivity index (χ1n) is 9.67. The maximum atomic E-state index is 12.3. The fourth-order valence-corrected chi connectivity index (χ4v) is 3.46. The van der Waals surface area contributed by atoms with Gasteiger partial charge in [-0.25, -0.2) is 4.79 Å². The Morgan fingerprint density at radius 3 is 2.44 bits per heavy atom. The van der Waals surface area contributed by atoms with Crippen LogP contribution in [0.25, 0.3) is 0 Å². The van der Waals surface area contributed by atoms with E-state index in [1.165, 1.54) is 5.56 Å². The van der Waals surface area contributed by atoms with Crippen molar-refractivity contribution in [3.05, 3.63) is 65.7 Å². The van der Waals surface area contributed by atoms with E-state index in [1.54, 1.807) is 7.11 Å². The SMILES string of the molecule is COc1ccccc1CCCN1CCN(C(=O)NCc2ccccc2)CC1. The Morgan fingerprint density at radius 1 is 1.00 bits per heavy atom. The quantitative estimate of drug-likeness (QED) is 0.818. The Balaban J connectivity index is 1.35. The number of nitrogens with one attached hydrogen (secondary N) is 1. The van der Waals surface area contributed by atoms with Crippen molar-refractivity contribution in [2.75, 3.05) is 39.8 Å². The minimum Gasteiger partial charge on any atom is -0.496 e. The second-order valence-electron chi connectivity index (χ2n) is 6.89. The molecule has 1 aliphatic heterocycles. The van der Waals surface area contributed by atoms with Crippen LogP contribution in [0.2, 0.25) is 0 Å². The zero-order chi connectivity index (χ0) is 18.9. The molecule has 0 unspecified atom stereocenters. The molecule has 0 aliphatic carbocycles. The highest BCUT2D eigenvalue weighted by atomic mass is 16.5. The molecule has 1 aliphatic rings. The minimum absolute atomic E-state index is 0.0347. The van der Waals surface area contributed by atoms with Crippen LogP contribution in [-0.2, 0) is 13.0 Å². The first-order valence-corrected chi connectivity index (χ1v) is 9.67. The molecule has 0 spiro atoms. The van der Waals surface area contributed by atoms with E-state index in [1.807, 2.05) is 47.4 Å². The van der Waals surface area contributed by atoms with Gasteiger partial charge >= 0.3 is 6.03 Å². The number of hydrogen-bond donors (Lipinski definition) is 1. The van der Waals surface area contributed by atoms with Crippen molar-refractivity contribution < 1.29 is 9.53 Å². The van der Waals surface area contributed by atoms with Gasteiger partial charge in [-0.15, -0.1) is 0 Å². The second-order valence-corrected chi connectivity index (χ2v) is 6.89. The lowest BCUT2D eigenvalue weighted by atomic mass is 10.1. The topological polar surface area (TPSA) is 44.8 Å². The van der Waals surface area contributed by atoms with Gasteiger partial charge in [0.15, 0.2) is 0 Å². The molecule has 1 heterocycles. The molecule has 5 nitrogen and oxygen atoms in total. The summed E-state index contributed by atoms with van der Waals surface area (Å²) in [6.07, 6.45) is 2.11. The van der Waals surface area contributed by atoms with Crippen molar-refractivity contribution in [2.24, 2.45) is 0 Å². The summed E-state index contributed by atoms with van der Waals surface area (Å²) in [5.74, 6) is 0.970. The number of ether oxygens (including phenoxy) is 1. The number of carbonyl (C=O) groups is 1. The van der Waals surface area contributed by atoms with E-state index in [0.29, 0.717) is 6.54 Å². The lowest BCUT2D eigenvalue weighted by molar-refractivity contribution is 0.138. The van der Waals surface area contributed by atoms with Gasteiger partial charge in [0.2, 0.25) is 0 Å². The lowest BCUT2D eigenvalue weighted by Gasteiger charge is -2.34. The molecular formula is C22H29N3O2. The number of hydrogen-bond acceptors (Lipinski definition) is 3. The number of carbonyl (C=O) groups excluding carboxylic acids is 1. The molecule has 2 amide bonds. The van der Waals surface area contributed by atoms with Crippen LogP contribution in [-0.4, -0.2) is 55.7 Å². The molecule has 3 rings (SSSR count). The summed E-state index contributed by atoms with van der Waals surface area (Å²) in [4.78, 5) is 16.7. The zero-order valence-corrected chi connectivity index (χ0v) is 16.1. The van der Waals surface area contributed by atoms with Gasteiger partial charge in [0.1, 0.15) is 5.75 Å². The van der Waals surface area contributed by atoms with Crippen LogP contribution in [0, 0.1) is 0 Å². The van der Waals surface area contributed by atoms with Crippen molar-refractivity contribution in [1.29, 1.82) is 0 Å². The van der Waals surface area contributed by atoms with E-state index in [0.717, 1.165) is 56.9 Å². The average Bonchev–Trinajstić information content (AvgIpc) is 2.73. The molecular weight excluding hydrogens is 338 g/mol. The second kappa shape index (κ2) is 9.97. The molecule has 1 fully saturated rings. The van der Waals surface area contributed by atoms with Crippen LogP contribution >= 0.6 is 0 Å². The van der Waals surface area contributed by atoms with Crippen LogP contribution in [0.5, 0.6) is 5.75 Å². The standard InChI is InChI=1S/C22H29N3O2/c1-27-21-12-6-5-10-20(21)11-7-13-24-14-16-25(17-15-24)22(26)23-18-19-8-3-2-4-9-19/h2-6,8-10,12H,7,11,13-18H2,1H3,(H,23,26). The molecule has 0 radical (unpaired) electrons. The summed E-state index contributed by atoms with van der Waals surface area (Å²) in [7, 11) is 1.72. The van der Waals surface area contributed by atoms with Crippen LogP contribution in [0.15, 0.2) is 54.6 Å². The van der Waals surface area contributed by atoms with Crippen molar-refractivity contribution in [2.45, 2.75) is 19.4 Å². The predicted octanol–water partition coefficient (Wildman–Crippen LogP) is 3.16. The highest BCUT2D eigenvalue weighted by molar-refractivity contribution is 5.74. The van der Waals surface area contributed by atoms with Crippen LogP contribution in [0.1, 0.15) is 17.5 Å². The largest absolute Gasteiger partial charge is 0.496 e. The van der Waals surface area contributed by atoms with Gasteiger partial charge in [-0.1, -0.05) is 48.5 Å². The zero-order valence-electron chi connectivity index (χ0n) is 16.1. The monoisotopic (exact) mass is 367 g/mol. The third-order valence-corrected chi connectivity index (χ3v) is 5.06.